The van der Waals surface area contributed by atoms with Crippen LogP contribution in [0.3, 0.4) is 0 Å². The molecule has 0 heterocycles. The van der Waals surface area contributed by atoms with Gasteiger partial charge >= 0.3 is 0 Å². The Balaban J connectivity index is 0.00000320. The second-order valence-electron chi connectivity index (χ2n) is 7.83. The van der Waals surface area contributed by atoms with Crippen molar-refractivity contribution in [2.45, 2.75) is 32.2 Å². The molecule has 0 spiro atoms. The number of halogens is 1. The number of carbonyl (C=O) groups excluding carboxylic acids is 2. The molecule has 164 valence electrons. The summed E-state index contributed by atoms with van der Waals surface area (Å²) >= 11 is 0. The van der Waals surface area contributed by atoms with E-state index in [1.54, 1.807) is 0 Å². The zero-order valence-corrected chi connectivity index (χ0v) is 18.8. The molecule has 0 atom stereocenters. The molecule has 30 heavy (non-hydrogen) atoms. The summed E-state index contributed by atoms with van der Waals surface area (Å²) in [5.41, 5.74) is 2.43. The van der Waals surface area contributed by atoms with Crippen LogP contribution in [0.15, 0.2) is 46.9 Å². The van der Waals surface area contributed by atoms with Crippen LogP contribution in [0, 0.1) is 5.92 Å². The lowest BCUT2D eigenvalue weighted by atomic mass is 9.94. The number of methoxy groups -OCH3 is 2. The van der Waals surface area contributed by atoms with E-state index in [4.69, 9.17) is 14.2 Å². The predicted molar refractivity (Wildman–Crippen MR) is 117 cm³/mol. The monoisotopic (exact) mass is 435 g/mol. The Hall–Kier alpha value is -2.31. The number of hydrogen-bond acceptors (Lipinski definition) is 6. The summed E-state index contributed by atoms with van der Waals surface area (Å²) in [6.07, 6.45) is 3.00. The van der Waals surface area contributed by atoms with Gasteiger partial charge in [0.1, 0.15) is 5.75 Å². The summed E-state index contributed by atoms with van der Waals surface area (Å²) in [5.74, 6) is 0.760. The van der Waals surface area contributed by atoms with E-state index in [1.165, 1.54) is 19.8 Å². The van der Waals surface area contributed by atoms with Gasteiger partial charge in [-0.05, 0) is 63.4 Å². The third kappa shape index (κ3) is 5.24. The first kappa shape index (κ1) is 24.0. The molecule has 0 saturated heterocycles. The highest BCUT2D eigenvalue weighted by molar-refractivity contribution is 6.24. The van der Waals surface area contributed by atoms with Gasteiger partial charge in [0.25, 0.3) is 0 Å². The molecular formula is C23H30ClNO5. The first-order valence-corrected chi connectivity index (χ1v) is 9.94. The van der Waals surface area contributed by atoms with Crippen molar-refractivity contribution in [3.05, 3.63) is 52.5 Å². The number of nitrogens with zero attached hydrogens (tertiary/aromatic N) is 1. The maximum atomic E-state index is 12.6. The normalized spacial score (nSPS) is 16.7. The second-order valence-corrected chi connectivity index (χ2v) is 7.83. The smallest absolute Gasteiger partial charge is 0.228 e. The molecule has 1 aromatic carbocycles. The van der Waals surface area contributed by atoms with Gasteiger partial charge in [-0.3, -0.25) is 9.59 Å². The molecule has 0 fully saturated rings. The molecule has 2 aliphatic rings. The minimum atomic E-state index is -0.212. The molecule has 7 heteroatoms. The van der Waals surface area contributed by atoms with E-state index in [-0.39, 0.29) is 41.4 Å². The van der Waals surface area contributed by atoms with E-state index in [1.807, 2.05) is 26.2 Å². The van der Waals surface area contributed by atoms with Gasteiger partial charge in [-0.15, -0.1) is 12.4 Å². The predicted octanol–water partition coefficient (Wildman–Crippen LogP) is 3.69. The Bertz CT molecular complexity index is 804. The number of ether oxygens (including phenoxy) is 3. The topological polar surface area (TPSA) is 65.1 Å². The Morgan fingerprint density at radius 3 is 1.93 bits per heavy atom. The van der Waals surface area contributed by atoms with Crippen LogP contribution in [0.4, 0.5) is 0 Å². The van der Waals surface area contributed by atoms with Crippen molar-refractivity contribution < 1.29 is 23.8 Å². The highest BCUT2D eigenvalue weighted by Gasteiger charge is 2.41. The Kier molecular flexibility index (Phi) is 8.50. The number of ketones is 2. The quantitative estimate of drug-likeness (QED) is 0.435. The number of benzene rings is 1. The summed E-state index contributed by atoms with van der Waals surface area (Å²) in [6.45, 7) is 1.52. The molecule has 0 aliphatic heterocycles. The van der Waals surface area contributed by atoms with Gasteiger partial charge in [-0.25, -0.2) is 0 Å². The van der Waals surface area contributed by atoms with Crippen LogP contribution in [0.25, 0.3) is 0 Å². The lowest BCUT2D eigenvalue weighted by Gasteiger charge is -2.17. The molecule has 6 nitrogen and oxygen atoms in total. The molecule has 2 aliphatic carbocycles. The maximum absolute atomic E-state index is 12.6. The van der Waals surface area contributed by atoms with Crippen LogP contribution < -0.4 is 4.74 Å². The highest BCUT2D eigenvalue weighted by atomic mass is 35.5. The second kappa shape index (κ2) is 10.6. The summed E-state index contributed by atoms with van der Waals surface area (Å²) in [4.78, 5) is 27.3. The van der Waals surface area contributed by atoms with Crippen molar-refractivity contribution in [2.75, 3.05) is 34.9 Å². The fourth-order valence-electron chi connectivity index (χ4n) is 4.03. The zero-order chi connectivity index (χ0) is 21.0. The number of carbonyl (C=O) groups is 2. The molecule has 0 N–H and O–H groups in total. The fraction of sp³-hybridized carbons (Fsp3) is 0.478. The minimum Gasteiger partial charge on any atom is -0.494 e. The molecule has 0 aromatic heterocycles. The molecule has 0 saturated carbocycles. The molecule has 0 bridgehead atoms. The van der Waals surface area contributed by atoms with E-state index in [2.05, 4.69) is 17.0 Å². The molecule has 3 rings (SSSR count). The third-order valence-electron chi connectivity index (χ3n) is 5.37. The largest absolute Gasteiger partial charge is 0.494 e. The standard InChI is InChI=1S/C23H29NO5.ClH/c1-24(2)14-15-7-9-17(10-8-15)29-11-5-6-16-12-18-19(13-16)21(26)23(28-4)22(27-3)20(18)25;/h7-10,16H,5-6,11-14H2,1-4H3;1H. The van der Waals surface area contributed by atoms with Crippen molar-refractivity contribution in [3.63, 3.8) is 0 Å². The van der Waals surface area contributed by atoms with Gasteiger partial charge in [0.05, 0.1) is 20.8 Å². The van der Waals surface area contributed by atoms with E-state index in [9.17, 15) is 9.59 Å². The summed E-state index contributed by atoms with van der Waals surface area (Å²) < 4.78 is 16.1. The van der Waals surface area contributed by atoms with Crippen LogP contribution in [0.1, 0.15) is 31.2 Å². The summed E-state index contributed by atoms with van der Waals surface area (Å²) in [6, 6.07) is 8.15. The molecule has 1 aromatic rings. The first-order valence-electron chi connectivity index (χ1n) is 9.94. The van der Waals surface area contributed by atoms with Gasteiger partial charge in [-0.2, -0.15) is 0 Å². The summed E-state index contributed by atoms with van der Waals surface area (Å²) in [7, 11) is 6.87. The van der Waals surface area contributed by atoms with Gasteiger partial charge in [-0.1, -0.05) is 12.1 Å². The van der Waals surface area contributed by atoms with Crippen molar-refractivity contribution in [1.82, 2.24) is 4.90 Å². The van der Waals surface area contributed by atoms with E-state index < -0.39 is 0 Å². The lowest BCUT2D eigenvalue weighted by molar-refractivity contribution is -0.121. The Morgan fingerprint density at radius 2 is 1.47 bits per heavy atom. The third-order valence-corrected chi connectivity index (χ3v) is 5.37. The van der Waals surface area contributed by atoms with E-state index in [0.29, 0.717) is 30.6 Å². The van der Waals surface area contributed by atoms with E-state index in [0.717, 1.165) is 25.1 Å². The SMILES string of the molecule is COC1=C(OC)C(=O)C2=C(CC(CCCOc3ccc(CN(C)C)cc3)C2)C1=O.Cl. The van der Waals surface area contributed by atoms with Crippen molar-refractivity contribution in [3.8, 4) is 5.75 Å². The fourth-order valence-corrected chi connectivity index (χ4v) is 4.03. The first-order chi connectivity index (χ1) is 13.9. The average molecular weight is 436 g/mol. The van der Waals surface area contributed by atoms with Gasteiger partial charge in [0.2, 0.25) is 23.1 Å². The lowest BCUT2D eigenvalue weighted by Crippen LogP contribution is -2.23. The zero-order valence-electron chi connectivity index (χ0n) is 18.0. The molecule has 0 radical (unpaired) electrons. The van der Waals surface area contributed by atoms with Crippen LogP contribution in [-0.2, 0) is 25.6 Å². The molecule has 0 unspecified atom stereocenters. The van der Waals surface area contributed by atoms with Gasteiger partial charge in [0, 0.05) is 17.7 Å². The number of Topliss-reactive ketones (excluding diaryl/α,β-unsaturated/α-hetero) is 2. The van der Waals surface area contributed by atoms with Crippen molar-refractivity contribution >= 4 is 24.0 Å². The summed E-state index contributed by atoms with van der Waals surface area (Å²) in [5, 5.41) is 0. The van der Waals surface area contributed by atoms with Crippen LogP contribution in [0.5, 0.6) is 5.75 Å². The van der Waals surface area contributed by atoms with Crippen LogP contribution >= 0.6 is 12.4 Å². The highest BCUT2D eigenvalue weighted by Crippen LogP contribution is 2.41. The Labute approximate surface area is 184 Å². The van der Waals surface area contributed by atoms with Crippen molar-refractivity contribution in [1.29, 1.82) is 0 Å². The molecular weight excluding hydrogens is 406 g/mol. The number of rotatable bonds is 9. The van der Waals surface area contributed by atoms with Gasteiger partial charge in [0.15, 0.2) is 0 Å². The maximum Gasteiger partial charge on any atom is 0.228 e. The Morgan fingerprint density at radius 1 is 0.933 bits per heavy atom. The van der Waals surface area contributed by atoms with Crippen LogP contribution in [0.2, 0.25) is 0 Å². The van der Waals surface area contributed by atoms with Crippen molar-refractivity contribution in [2.24, 2.45) is 5.92 Å². The van der Waals surface area contributed by atoms with Gasteiger partial charge < -0.3 is 19.1 Å². The molecule has 0 amide bonds. The number of allylic oxidation sites excluding steroid dienone is 2. The minimum absolute atomic E-state index is 0. The van der Waals surface area contributed by atoms with E-state index >= 15 is 0 Å². The number of hydrogen-bond donors (Lipinski definition) is 0. The average Bonchev–Trinajstić information content (AvgIpc) is 3.13. The van der Waals surface area contributed by atoms with Crippen LogP contribution in [-0.4, -0.2) is 51.4 Å².